The number of carbonyl (C=O) groups is 1. The van der Waals surface area contributed by atoms with Gasteiger partial charge in [0.25, 0.3) is 15.9 Å². The Labute approximate surface area is 217 Å². The van der Waals surface area contributed by atoms with Gasteiger partial charge in [-0.1, -0.05) is 19.3 Å². The molecular formula is C25H29N5O5S2. The molecule has 2 N–H and O–H groups in total. The van der Waals surface area contributed by atoms with Crippen LogP contribution in [0.5, 0.6) is 0 Å². The number of anilines is 2. The fourth-order valence-electron chi connectivity index (χ4n) is 4.18. The van der Waals surface area contributed by atoms with E-state index >= 15 is 0 Å². The predicted molar refractivity (Wildman–Crippen MR) is 140 cm³/mol. The Kier molecular flexibility index (Phi) is 7.90. The summed E-state index contributed by atoms with van der Waals surface area (Å²) >= 11 is 0. The van der Waals surface area contributed by atoms with Gasteiger partial charge in [-0.15, -0.1) is 0 Å². The van der Waals surface area contributed by atoms with Crippen molar-refractivity contribution in [3.63, 3.8) is 0 Å². The number of benzene rings is 2. The lowest BCUT2D eigenvalue weighted by Crippen LogP contribution is -2.38. The Bertz CT molecular complexity index is 1470. The Hall–Kier alpha value is -3.35. The summed E-state index contributed by atoms with van der Waals surface area (Å²) in [4.78, 5) is 20.7. The second-order valence-corrected chi connectivity index (χ2v) is 12.6. The maximum atomic E-state index is 13.0. The van der Waals surface area contributed by atoms with E-state index in [1.807, 2.05) is 0 Å². The van der Waals surface area contributed by atoms with Gasteiger partial charge in [0, 0.05) is 36.2 Å². The van der Waals surface area contributed by atoms with Crippen LogP contribution in [-0.2, 0) is 20.0 Å². The molecule has 1 fully saturated rings. The molecule has 0 unspecified atom stereocenters. The first kappa shape index (κ1) is 26.7. The summed E-state index contributed by atoms with van der Waals surface area (Å²) in [7, 11) is -5.95. The normalized spacial score (nSPS) is 14.9. The van der Waals surface area contributed by atoms with Crippen LogP contribution in [0.3, 0.4) is 0 Å². The predicted octanol–water partition coefficient (Wildman–Crippen LogP) is 3.79. The highest BCUT2D eigenvalue weighted by Gasteiger charge is 2.29. The molecule has 0 aliphatic heterocycles. The van der Waals surface area contributed by atoms with E-state index in [9.17, 15) is 21.6 Å². The van der Waals surface area contributed by atoms with Crippen LogP contribution >= 0.6 is 0 Å². The zero-order valence-corrected chi connectivity index (χ0v) is 22.2. The highest BCUT2D eigenvalue weighted by atomic mass is 32.2. The zero-order chi connectivity index (χ0) is 26.6. The van der Waals surface area contributed by atoms with Gasteiger partial charge in [0.2, 0.25) is 16.0 Å². The number of aromatic nitrogens is 2. The van der Waals surface area contributed by atoms with Gasteiger partial charge in [0.1, 0.15) is 0 Å². The van der Waals surface area contributed by atoms with Crippen molar-refractivity contribution in [1.82, 2.24) is 14.3 Å². The highest BCUT2D eigenvalue weighted by molar-refractivity contribution is 7.92. The van der Waals surface area contributed by atoms with E-state index < -0.39 is 26.0 Å². The fraction of sp³-hybridized carbons (Fsp3) is 0.320. The van der Waals surface area contributed by atoms with Crippen LogP contribution in [0.4, 0.5) is 11.6 Å². The van der Waals surface area contributed by atoms with E-state index in [4.69, 9.17) is 0 Å². The lowest BCUT2D eigenvalue weighted by Gasteiger charge is -2.30. The lowest BCUT2D eigenvalue weighted by molar-refractivity contribution is 0.102. The lowest BCUT2D eigenvalue weighted by atomic mass is 9.96. The van der Waals surface area contributed by atoms with Crippen molar-refractivity contribution in [3.05, 3.63) is 72.1 Å². The number of aryl methyl sites for hydroxylation is 1. The van der Waals surface area contributed by atoms with Gasteiger partial charge in [0.05, 0.1) is 9.79 Å². The number of sulfonamides is 2. The molecule has 0 radical (unpaired) electrons. The standard InChI is InChI=1S/C25H29N5O5S2/c1-18-16-17-26-25(27-18)29-36(32,33)22-14-10-20(11-15-22)28-24(31)19-8-12-23(13-9-19)37(34,35)30(2)21-6-4-3-5-7-21/h8-17,21H,3-7H2,1-2H3,(H,28,31)(H,26,27,29). The van der Waals surface area contributed by atoms with Gasteiger partial charge in [-0.2, -0.15) is 4.31 Å². The molecule has 37 heavy (non-hydrogen) atoms. The average Bonchev–Trinajstić information content (AvgIpc) is 2.89. The summed E-state index contributed by atoms with van der Waals surface area (Å²) in [5, 5.41) is 2.69. The van der Waals surface area contributed by atoms with E-state index in [1.165, 1.54) is 59.0 Å². The molecule has 1 saturated carbocycles. The number of hydrogen-bond donors (Lipinski definition) is 2. The van der Waals surface area contributed by atoms with Crippen molar-refractivity contribution in [3.8, 4) is 0 Å². The van der Waals surface area contributed by atoms with Crippen molar-refractivity contribution >= 4 is 37.6 Å². The van der Waals surface area contributed by atoms with Crippen LogP contribution in [0.15, 0.2) is 70.6 Å². The molecular weight excluding hydrogens is 514 g/mol. The van der Waals surface area contributed by atoms with Gasteiger partial charge in [-0.25, -0.2) is 31.5 Å². The van der Waals surface area contributed by atoms with Crippen molar-refractivity contribution < 1.29 is 21.6 Å². The molecule has 10 nitrogen and oxygen atoms in total. The molecule has 0 spiro atoms. The van der Waals surface area contributed by atoms with E-state index in [1.54, 1.807) is 20.0 Å². The van der Waals surface area contributed by atoms with E-state index in [-0.39, 0.29) is 27.3 Å². The second kappa shape index (κ2) is 11.0. The van der Waals surface area contributed by atoms with Crippen molar-refractivity contribution in [1.29, 1.82) is 0 Å². The number of amides is 1. The van der Waals surface area contributed by atoms with Gasteiger partial charge >= 0.3 is 0 Å². The highest BCUT2D eigenvalue weighted by Crippen LogP contribution is 2.26. The van der Waals surface area contributed by atoms with Gasteiger partial charge < -0.3 is 5.32 Å². The largest absolute Gasteiger partial charge is 0.322 e. The third-order valence-electron chi connectivity index (χ3n) is 6.33. The smallest absolute Gasteiger partial charge is 0.264 e. The Morgan fingerprint density at radius 2 is 1.51 bits per heavy atom. The van der Waals surface area contributed by atoms with Gasteiger partial charge in [-0.3, -0.25) is 4.79 Å². The molecule has 0 atom stereocenters. The Morgan fingerprint density at radius 3 is 2.14 bits per heavy atom. The fourth-order valence-corrected chi connectivity index (χ4v) is 6.55. The first-order valence-electron chi connectivity index (χ1n) is 11.9. The maximum Gasteiger partial charge on any atom is 0.264 e. The number of rotatable bonds is 8. The molecule has 12 heteroatoms. The van der Waals surface area contributed by atoms with Crippen LogP contribution in [0.1, 0.15) is 48.2 Å². The first-order valence-corrected chi connectivity index (χ1v) is 14.8. The quantitative estimate of drug-likeness (QED) is 0.441. The van der Waals surface area contributed by atoms with Crippen LogP contribution in [0, 0.1) is 6.92 Å². The van der Waals surface area contributed by atoms with Crippen LogP contribution in [0.25, 0.3) is 0 Å². The topological polar surface area (TPSA) is 138 Å². The molecule has 196 valence electrons. The summed E-state index contributed by atoms with van der Waals surface area (Å²) in [6, 6.07) is 13.0. The number of nitrogens with one attached hydrogen (secondary N) is 2. The molecule has 1 aliphatic rings. The second-order valence-electron chi connectivity index (χ2n) is 8.94. The summed E-state index contributed by atoms with van der Waals surface area (Å²) in [5.74, 6) is -0.487. The van der Waals surface area contributed by atoms with Crippen LogP contribution in [0.2, 0.25) is 0 Å². The molecule has 2 aromatic carbocycles. The van der Waals surface area contributed by atoms with E-state index in [0.29, 0.717) is 11.4 Å². The molecule has 1 aliphatic carbocycles. The minimum absolute atomic E-state index is 0.00644. The molecule has 4 rings (SSSR count). The molecule has 0 bridgehead atoms. The Balaban J connectivity index is 1.41. The summed E-state index contributed by atoms with van der Waals surface area (Å²) in [5.41, 5.74) is 1.27. The third-order valence-corrected chi connectivity index (χ3v) is 9.59. The van der Waals surface area contributed by atoms with Gasteiger partial charge in [-0.05, 0) is 74.4 Å². The summed E-state index contributed by atoms with van der Waals surface area (Å²) in [6.45, 7) is 1.72. The number of hydrogen-bond acceptors (Lipinski definition) is 7. The molecule has 0 saturated heterocycles. The minimum atomic E-state index is -3.91. The van der Waals surface area contributed by atoms with Crippen molar-refractivity contribution in [2.75, 3.05) is 17.1 Å². The number of nitrogens with zero attached hydrogens (tertiary/aromatic N) is 3. The Morgan fingerprint density at radius 1 is 0.892 bits per heavy atom. The number of carbonyl (C=O) groups excluding carboxylic acids is 1. The minimum Gasteiger partial charge on any atom is -0.322 e. The monoisotopic (exact) mass is 543 g/mol. The summed E-state index contributed by atoms with van der Waals surface area (Å²) < 4.78 is 55.0. The molecule has 1 aromatic heterocycles. The maximum absolute atomic E-state index is 13.0. The molecule has 1 amide bonds. The SMILES string of the molecule is Cc1ccnc(NS(=O)(=O)c2ccc(NC(=O)c3ccc(S(=O)(=O)N(C)C4CCCCC4)cc3)cc2)n1. The van der Waals surface area contributed by atoms with Crippen molar-refractivity contribution in [2.24, 2.45) is 0 Å². The van der Waals surface area contributed by atoms with E-state index in [2.05, 4.69) is 20.0 Å². The molecule has 3 aromatic rings. The first-order chi connectivity index (χ1) is 17.6. The van der Waals surface area contributed by atoms with Gasteiger partial charge in [0.15, 0.2) is 0 Å². The average molecular weight is 544 g/mol. The third kappa shape index (κ3) is 6.32. The van der Waals surface area contributed by atoms with Crippen LogP contribution < -0.4 is 10.0 Å². The zero-order valence-electron chi connectivity index (χ0n) is 20.6. The summed E-state index contributed by atoms with van der Waals surface area (Å²) in [6.07, 6.45) is 6.34. The van der Waals surface area contributed by atoms with Crippen LogP contribution in [-0.4, -0.2) is 50.1 Å². The molecule has 1 heterocycles. The van der Waals surface area contributed by atoms with Crippen molar-refractivity contribution in [2.45, 2.75) is 54.9 Å². The van der Waals surface area contributed by atoms with E-state index in [0.717, 1.165) is 32.1 Å².